The first-order valence-electron chi connectivity index (χ1n) is 8.09. The summed E-state index contributed by atoms with van der Waals surface area (Å²) >= 11 is 12.8. The number of thioether (sulfide) groups is 1. The zero-order valence-electron chi connectivity index (χ0n) is 15.4. The van der Waals surface area contributed by atoms with E-state index in [-0.39, 0.29) is 21.6 Å². The molecule has 30 heavy (non-hydrogen) atoms. The molecule has 0 unspecified atom stereocenters. The minimum Gasteiger partial charge on any atom is -0.495 e. The molecule has 2 aromatic heterocycles. The van der Waals surface area contributed by atoms with Gasteiger partial charge in [0, 0.05) is 18.3 Å². The number of rotatable bonds is 6. The lowest BCUT2D eigenvalue weighted by Crippen LogP contribution is -2.15. The molecule has 0 atom stereocenters. The van der Waals surface area contributed by atoms with Gasteiger partial charge in [-0.05, 0) is 6.07 Å². The lowest BCUT2D eigenvalue weighted by molar-refractivity contribution is -0.137. The summed E-state index contributed by atoms with van der Waals surface area (Å²) < 4.78 is 50.5. The maximum atomic E-state index is 13.0. The first-order chi connectivity index (χ1) is 14.1. The molecule has 1 aromatic carbocycles. The number of carbonyl (C=O) groups excluding carboxylic acids is 1. The van der Waals surface area contributed by atoms with Crippen molar-refractivity contribution in [3.63, 3.8) is 0 Å². The van der Waals surface area contributed by atoms with Gasteiger partial charge in [-0.25, -0.2) is 0 Å². The fourth-order valence-electron chi connectivity index (χ4n) is 2.46. The van der Waals surface area contributed by atoms with Gasteiger partial charge in [0.25, 0.3) is 0 Å². The van der Waals surface area contributed by atoms with Crippen molar-refractivity contribution in [3.05, 3.63) is 40.0 Å². The third-order valence-electron chi connectivity index (χ3n) is 3.84. The van der Waals surface area contributed by atoms with Gasteiger partial charge >= 0.3 is 6.18 Å². The number of amides is 1. The van der Waals surface area contributed by atoms with Crippen LogP contribution in [0.2, 0.25) is 10.0 Å². The minimum atomic E-state index is -4.59. The van der Waals surface area contributed by atoms with Crippen molar-refractivity contribution in [2.75, 3.05) is 25.3 Å². The lowest BCUT2D eigenvalue weighted by Gasteiger charge is -2.13. The van der Waals surface area contributed by atoms with Crippen LogP contribution in [-0.4, -0.2) is 40.5 Å². The van der Waals surface area contributed by atoms with Crippen molar-refractivity contribution < 1.29 is 27.4 Å². The highest BCUT2D eigenvalue weighted by Gasteiger charge is 2.32. The molecule has 0 radical (unpaired) electrons. The monoisotopic (exact) mass is 480 g/mol. The van der Waals surface area contributed by atoms with Crippen LogP contribution < -0.4 is 14.8 Å². The molecule has 1 amide bonds. The summed E-state index contributed by atoms with van der Waals surface area (Å²) in [6.45, 7) is 0. The molecule has 2 heterocycles. The molecular weight excluding hydrogens is 468 g/mol. The molecule has 0 saturated carbocycles. The number of pyridine rings is 1. The van der Waals surface area contributed by atoms with E-state index in [9.17, 15) is 18.0 Å². The molecule has 3 rings (SSSR count). The number of ether oxygens (including phenoxy) is 2. The molecule has 1 N–H and O–H groups in total. The molecule has 160 valence electrons. The van der Waals surface area contributed by atoms with Gasteiger partial charge in [-0.1, -0.05) is 35.0 Å². The van der Waals surface area contributed by atoms with Crippen LogP contribution in [0.1, 0.15) is 5.56 Å². The highest BCUT2D eigenvalue weighted by molar-refractivity contribution is 7.99. The predicted octanol–water partition coefficient (Wildman–Crippen LogP) is 4.80. The molecule has 0 saturated heterocycles. The van der Waals surface area contributed by atoms with Gasteiger partial charge in [-0.15, -0.1) is 10.2 Å². The minimum absolute atomic E-state index is 0.0525. The lowest BCUT2D eigenvalue weighted by atomic mass is 10.2. The number of hydrogen-bond acceptors (Lipinski definition) is 6. The Morgan fingerprint density at radius 3 is 2.47 bits per heavy atom. The third kappa shape index (κ3) is 4.68. The van der Waals surface area contributed by atoms with Crippen LogP contribution in [0.3, 0.4) is 0 Å². The number of halogens is 5. The fraction of sp³-hybridized carbons (Fsp3) is 0.235. The van der Waals surface area contributed by atoms with E-state index in [2.05, 4.69) is 15.5 Å². The number of nitrogens with zero attached hydrogens (tertiary/aromatic N) is 3. The molecule has 0 aliphatic carbocycles. The van der Waals surface area contributed by atoms with E-state index >= 15 is 0 Å². The first-order valence-corrected chi connectivity index (χ1v) is 9.84. The molecule has 7 nitrogen and oxygen atoms in total. The molecule has 0 bridgehead atoms. The van der Waals surface area contributed by atoms with Crippen LogP contribution in [-0.2, 0) is 11.0 Å². The van der Waals surface area contributed by atoms with Crippen molar-refractivity contribution in [1.82, 2.24) is 14.6 Å². The Hall–Kier alpha value is -2.37. The Morgan fingerprint density at radius 2 is 1.83 bits per heavy atom. The maximum Gasteiger partial charge on any atom is 0.417 e. The summed E-state index contributed by atoms with van der Waals surface area (Å²) in [5, 5.41) is 10.4. The van der Waals surface area contributed by atoms with Crippen molar-refractivity contribution in [3.8, 4) is 11.5 Å². The molecule has 3 aromatic rings. The zero-order chi connectivity index (χ0) is 22.1. The number of anilines is 1. The summed E-state index contributed by atoms with van der Waals surface area (Å²) in [5.74, 6) is 0.0207. The second-order valence-corrected chi connectivity index (χ2v) is 7.53. The third-order valence-corrected chi connectivity index (χ3v) is 5.35. The van der Waals surface area contributed by atoms with Gasteiger partial charge < -0.3 is 14.8 Å². The fourth-order valence-corrected chi connectivity index (χ4v) is 3.65. The van der Waals surface area contributed by atoms with Crippen molar-refractivity contribution >= 4 is 52.2 Å². The zero-order valence-corrected chi connectivity index (χ0v) is 17.7. The molecule has 0 fully saturated rings. The smallest absolute Gasteiger partial charge is 0.417 e. The Kier molecular flexibility index (Phi) is 6.53. The predicted molar refractivity (Wildman–Crippen MR) is 107 cm³/mol. The number of carbonyl (C=O) groups is 1. The second-order valence-electron chi connectivity index (χ2n) is 5.77. The summed E-state index contributed by atoms with van der Waals surface area (Å²) in [7, 11) is 2.83. The number of nitrogens with one attached hydrogen (secondary N) is 1. The van der Waals surface area contributed by atoms with Crippen molar-refractivity contribution in [2.45, 2.75) is 11.3 Å². The van der Waals surface area contributed by atoms with Gasteiger partial charge in [-0.3, -0.25) is 9.20 Å². The average molecular weight is 481 g/mol. The summed E-state index contributed by atoms with van der Waals surface area (Å²) in [4.78, 5) is 12.4. The van der Waals surface area contributed by atoms with E-state index in [1.807, 2.05) is 0 Å². The standard InChI is InChI=1S/C17H13Cl2F3N4O3S/c1-28-12-5-11(13(29-2)4-9(12)18)23-14(27)7-30-16-25-24-15-10(19)3-8(6-26(15)16)17(20,21)22/h3-6H,7H2,1-2H3,(H,23,27). The van der Waals surface area contributed by atoms with E-state index in [0.29, 0.717) is 22.2 Å². The van der Waals surface area contributed by atoms with E-state index in [0.717, 1.165) is 28.4 Å². The quantitative estimate of drug-likeness (QED) is 0.510. The Labute approximate surface area is 182 Å². The van der Waals surface area contributed by atoms with Crippen LogP contribution >= 0.6 is 35.0 Å². The van der Waals surface area contributed by atoms with E-state index in [4.69, 9.17) is 32.7 Å². The largest absolute Gasteiger partial charge is 0.495 e. The van der Waals surface area contributed by atoms with Gasteiger partial charge in [-0.2, -0.15) is 13.2 Å². The van der Waals surface area contributed by atoms with Gasteiger partial charge in [0.1, 0.15) is 11.5 Å². The topological polar surface area (TPSA) is 77.8 Å². The van der Waals surface area contributed by atoms with Gasteiger partial charge in [0.15, 0.2) is 10.8 Å². The van der Waals surface area contributed by atoms with E-state index < -0.39 is 17.6 Å². The normalized spacial score (nSPS) is 11.6. The summed E-state index contributed by atoms with van der Waals surface area (Å²) in [6, 6.07) is 3.74. The number of hydrogen-bond donors (Lipinski definition) is 1. The van der Waals surface area contributed by atoms with Crippen LogP contribution in [0, 0.1) is 0 Å². The van der Waals surface area contributed by atoms with Crippen molar-refractivity contribution in [2.24, 2.45) is 0 Å². The Bertz CT molecular complexity index is 1110. The summed E-state index contributed by atoms with van der Waals surface area (Å²) in [5.41, 5.74) is -0.585. The number of fused-ring (bicyclic) bond motifs is 1. The number of aromatic nitrogens is 3. The highest BCUT2D eigenvalue weighted by Crippen LogP contribution is 2.36. The molecule has 0 spiro atoms. The average Bonchev–Trinajstić information content (AvgIpc) is 3.10. The second kappa shape index (κ2) is 8.78. The van der Waals surface area contributed by atoms with Crippen LogP contribution in [0.15, 0.2) is 29.6 Å². The van der Waals surface area contributed by atoms with Crippen LogP contribution in [0.5, 0.6) is 11.5 Å². The van der Waals surface area contributed by atoms with E-state index in [1.54, 1.807) is 0 Å². The molecule has 0 aliphatic heterocycles. The highest BCUT2D eigenvalue weighted by atomic mass is 35.5. The van der Waals surface area contributed by atoms with Crippen molar-refractivity contribution in [1.29, 1.82) is 0 Å². The number of alkyl halides is 3. The Morgan fingerprint density at radius 1 is 1.13 bits per heavy atom. The van der Waals surface area contributed by atoms with Crippen LogP contribution in [0.4, 0.5) is 18.9 Å². The Balaban J connectivity index is 1.78. The molecule has 13 heteroatoms. The SMILES string of the molecule is COc1cc(NC(=O)CSc2nnc3c(Cl)cc(C(F)(F)F)cn23)c(OC)cc1Cl. The number of benzene rings is 1. The number of methoxy groups -OCH3 is 2. The maximum absolute atomic E-state index is 13.0. The van der Waals surface area contributed by atoms with Crippen LogP contribution in [0.25, 0.3) is 5.65 Å². The summed E-state index contributed by atoms with van der Waals surface area (Å²) in [6.07, 6.45) is -3.76. The van der Waals surface area contributed by atoms with E-state index in [1.165, 1.54) is 26.4 Å². The molecule has 0 aliphatic rings. The first kappa shape index (κ1) is 22.3. The molecular formula is C17H13Cl2F3N4O3S. The van der Waals surface area contributed by atoms with Gasteiger partial charge in [0.05, 0.1) is 41.3 Å². The van der Waals surface area contributed by atoms with Gasteiger partial charge in [0.2, 0.25) is 5.91 Å².